The summed E-state index contributed by atoms with van der Waals surface area (Å²) in [6, 6.07) is 12.0. The lowest BCUT2D eigenvalue weighted by molar-refractivity contribution is -0.367. The maximum absolute atomic E-state index is 13.4. The van der Waals surface area contributed by atoms with Gasteiger partial charge in [0, 0.05) is 24.0 Å². The van der Waals surface area contributed by atoms with Crippen molar-refractivity contribution in [3.63, 3.8) is 0 Å². The number of rotatable bonds is 5. The fourth-order valence-electron chi connectivity index (χ4n) is 3.69. The van der Waals surface area contributed by atoms with Gasteiger partial charge in [-0.15, -0.1) is 8.78 Å². The van der Waals surface area contributed by atoms with Gasteiger partial charge >= 0.3 is 6.29 Å². The van der Waals surface area contributed by atoms with Crippen LogP contribution in [0.25, 0.3) is 11.4 Å². The molecular formula is C23H19F2N5O4. The van der Waals surface area contributed by atoms with E-state index in [1.165, 1.54) is 12.4 Å². The molecule has 0 amide bonds. The molecule has 11 heteroatoms. The van der Waals surface area contributed by atoms with E-state index in [2.05, 4.69) is 35.8 Å². The fourth-order valence-corrected chi connectivity index (χ4v) is 3.69. The smallest absolute Gasteiger partial charge is 0.489 e. The minimum absolute atomic E-state index is 0.00406. The predicted molar refractivity (Wildman–Crippen MR) is 115 cm³/mol. The Kier molecular flexibility index (Phi) is 5.91. The molecule has 34 heavy (non-hydrogen) atoms. The molecule has 2 aromatic carbocycles. The number of nitriles is 1. The third kappa shape index (κ3) is 4.73. The molecule has 2 aliphatic rings. The molecule has 2 aliphatic heterocycles. The third-order valence-electron chi connectivity index (χ3n) is 5.38. The molecule has 1 N–H and O–H groups in total. The summed E-state index contributed by atoms with van der Waals surface area (Å²) in [6.45, 7) is 0.927. The standard InChI is InChI=1S/C23H19F2N5O4/c24-23(25)32-12-17-18(2-1-3-20(17)34-23)29-22-28-13-27-21(30-22)14-4-5-19(15(10-14)11-26)33-16-6-8-31-9-7-16/h1-5,10,13,16H,6-9,12H2,(H,27,28,29,30). The van der Waals surface area contributed by atoms with Crippen molar-refractivity contribution in [2.75, 3.05) is 18.5 Å². The van der Waals surface area contributed by atoms with Gasteiger partial charge in [0.1, 0.15) is 30.0 Å². The van der Waals surface area contributed by atoms with Crippen molar-refractivity contribution in [1.82, 2.24) is 15.0 Å². The zero-order valence-corrected chi connectivity index (χ0v) is 17.8. The maximum Gasteiger partial charge on any atom is 0.535 e. The van der Waals surface area contributed by atoms with Gasteiger partial charge in [0.2, 0.25) is 5.95 Å². The van der Waals surface area contributed by atoms with Crippen molar-refractivity contribution >= 4 is 11.6 Å². The number of ether oxygens (including phenoxy) is 4. The van der Waals surface area contributed by atoms with E-state index in [9.17, 15) is 14.0 Å². The largest absolute Gasteiger partial charge is 0.535 e. The zero-order chi connectivity index (χ0) is 23.5. The predicted octanol–water partition coefficient (Wildman–Crippen LogP) is 4.17. The number of anilines is 2. The average molecular weight is 467 g/mol. The van der Waals surface area contributed by atoms with Crippen molar-refractivity contribution in [3.05, 3.63) is 53.9 Å². The minimum Gasteiger partial charge on any atom is -0.489 e. The monoisotopic (exact) mass is 467 g/mol. The van der Waals surface area contributed by atoms with Crippen LogP contribution in [0.2, 0.25) is 0 Å². The molecule has 174 valence electrons. The summed E-state index contributed by atoms with van der Waals surface area (Å²) in [5, 5.41) is 12.6. The van der Waals surface area contributed by atoms with E-state index in [-0.39, 0.29) is 24.4 Å². The normalized spacial score (nSPS) is 17.2. The Morgan fingerprint density at radius 3 is 2.82 bits per heavy atom. The number of alkyl halides is 2. The van der Waals surface area contributed by atoms with Crippen molar-refractivity contribution in [3.8, 4) is 29.0 Å². The second kappa shape index (κ2) is 9.17. The van der Waals surface area contributed by atoms with E-state index in [1.54, 1.807) is 30.3 Å². The van der Waals surface area contributed by atoms with E-state index in [0.717, 1.165) is 12.8 Å². The summed E-state index contributed by atoms with van der Waals surface area (Å²) in [4.78, 5) is 12.7. The molecule has 0 aliphatic carbocycles. The first-order chi connectivity index (χ1) is 16.5. The molecule has 5 rings (SSSR count). The van der Waals surface area contributed by atoms with Gasteiger partial charge in [-0.3, -0.25) is 4.74 Å². The molecule has 0 spiro atoms. The molecule has 1 saturated heterocycles. The Morgan fingerprint density at radius 2 is 2.00 bits per heavy atom. The second-order valence-electron chi connectivity index (χ2n) is 7.65. The van der Waals surface area contributed by atoms with Gasteiger partial charge in [-0.1, -0.05) is 6.07 Å². The molecular weight excluding hydrogens is 448 g/mol. The summed E-state index contributed by atoms with van der Waals surface area (Å²) in [5.41, 5.74) is 1.84. The Bertz CT molecular complexity index is 1240. The maximum atomic E-state index is 13.4. The van der Waals surface area contributed by atoms with Crippen molar-refractivity contribution in [2.45, 2.75) is 31.8 Å². The van der Waals surface area contributed by atoms with E-state index in [1.807, 2.05) is 0 Å². The molecule has 3 aromatic rings. The van der Waals surface area contributed by atoms with Gasteiger partial charge in [0.05, 0.1) is 31.1 Å². The summed E-state index contributed by atoms with van der Waals surface area (Å²) in [7, 11) is 0. The highest BCUT2D eigenvalue weighted by atomic mass is 19.3. The van der Waals surface area contributed by atoms with Crippen molar-refractivity contribution < 1.29 is 27.7 Å². The molecule has 3 heterocycles. The molecule has 0 radical (unpaired) electrons. The van der Waals surface area contributed by atoms with Crippen LogP contribution in [0.5, 0.6) is 11.5 Å². The topological polar surface area (TPSA) is 111 Å². The highest BCUT2D eigenvalue weighted by molar-refractivity contribution is 5.65. The van der Waals surface area contributed by atoms with Gasteiger partial charge in [-0.25, -0.2) is 9.97 Å². The van der Waals surface area contributed by atoms with Crippen LogP contribution in [0.1, 0.15) is 24.0 Å². The lowest BCUT2D eigenvalue weighted by Gasteiger charge is -2.26. The Morgan fingerprint density at radius 1 is 1.15 bits per heavy atom. The highest BCUT2D eigenvalue weighted by Gasteiger charge is 2.39. The number of halogens is 2. The molecule has 1 aromatic heterocycles. The molecule has 1 fully saturated rings. The Labute approximate surface area is 193 Å². The molecule has 0 bridgehead atoms. The second-order valence-corrected chi connectivity index (χ2v) is 7.65. The average Bonchev–Trinajstić information content (AvgIpc) is 2.84. The minimum atomic E-state index is -3.68. The highest BCUT2D eigenvalue weighted by Crippen LogP contribution is 2.38. The summed E-state index contributed by atoms with van der Waals surface area (Å²) in [6.07, 6.45) is -0.813. The van der Waals surface area contributed by atoms with Crippen LogP contribution in [0.3, 0.4) is 0 Å². The van der Waals surface area contributed by atoms with E-state index < -0.39 is 6.29 Å². The van der Waals surface area contributed by atoms with E-state index >= 15 is 0 Å². The van der Waals surface area contributed by atoms with E-state index in [0.29, 0.717) is 47.2 Å². The molecule has 0 saturated carbocycles. The van der Waals surface area contributed by atoms with Crippen LogP contribution < -0.4 is 14.8 Å². The van der Waals surface area contributed by atoms with Gasteiger partial charge in [-0.2, -0.15) is 10.2 Å². The summed E-state index contributed by atoms with van der Waals surface area (Å²) < 4.78 is 47.1. The van der Waals surface area contributed by atoms with Gasteiger partial charge in [0.15, 0.2) is 5.82 Å². The number of benzene rings is 2. The number of nitrogens with one attached hydrogen (secondary N) is 1. The number of hydrogen-bond acceptors (Lipinski definition) is 9. The number of nitrogens with zero attached hydrogens (tertiary/aromatic N) is 4. The van der Waals surface area contributed by atoms with Gasteiger partial charge in [0.25, 0.3) is 0 Å². The van der Waals surface area contributed by atoms with Crippen molar-refractivity contribution in [1.29, 1.82) is 5.26 Å². The quantitative estimate of drug-likeness (QED) is 0.591. The lowest BCUT2D eigenvalue weighted by Crippen LogP contribution is -2.32. The van der Waals surface area contributed by atoms with Crippen LogP contribution in [0.4, 0.5) is 20.4 Å². The molecule has 0 unspecified atom stereocenters. The number of hydrogen-bond donors (Lipinski definition) is 1. The third-order valence-corrected chi connectivity index (χ3v) is 5.38. The van der Waals surface area contributed by atoms with Crippen LogP contribution in [-0.4, -0.2) is 40.6 Å². The Hall–Kier alpha value is -3.88. The lowest BCUT2D eigenvalue weighted by atomic mass is 10.1. The first-order valence-corrected chi connectivity index (χ1v) is 10.6. The SMILES string of the molecule is N#Cc1cc(-c2ncnc(Nc3cccc4c3COC(F)(F)O4)n2)ccc1OC1CCOCC1. The zero-order valence-electron chi connectivity index (χ0n) is 17.8. The fraction of sp³-hybridized carbons (Fsp3) is 0.304. The number of fused-ring (bicyclic) bond motifs is 1. The van der Waals surface area contributed by atoms with Gasteiger partial charge in [-0.05, 0) is 30.3 Å². The first-order valence-electron chi connectivity index (χ1n) is 10.6. The van der Waals surface area contributed by atoms with E-state index in [4.69, 9.17) is 9.47 Å². The van der Waals surface area contributed by atoms with Crippen LogP contribution in [0, 0.1) is 11.3 Å². The Balaban J connectivity index is 1.37. The van der Waals surface area contributed by atoms with Crippen LogP contribution in [0.15, 0.2) is 42.7 Å². The van der Waals surface area contributed by atoms with Gasteiger partial charge < -0.3 is 19.5 Å². The summed E-state index contributed by atoms with van der Waals surface area (Å²) >= 11 is 0. The van der Waals surface area contributed by atoms with Crippen LogP contribution >= 0.6 is 0 Å². The van der Waals surface area contributed by atoms with Crippen molar-refractivity contribution in [2.24, 2.45) is 0 Å². The summed E-state index contributed by atoms with van der Waals surface area (Å²) in [5.74, 6) is 1.03. The first kappa shape index (κ1) is 21.9. The van der Waals surface area contributed by atoms with Crippen LogP contribution in [-0.2, 0) is 16.1 Å². The molecule has 9 nitrogen and oxygen atoms in total. The molecule has 0 atom stereocenters. The number of aromatic nitrogens is 3.